The molecule has 0 aliphatic carbocycles. The Bertz CT molecular complexity index is 271. The molecule has 0 saturated carbocycles. The molecule has 2 atom stereocenters. The van der Waals surface area contributed by atoms with E-state index >= 15 is 0 Å². The zero-order valence-electron chi connectivity index (χ0n) is 17.3. The monoisotopic (exact) mass is 372 g/mol. The second kappa shape index (κ2) is 20.3. The van der Waals surface area contributed by atoms with Gasteiger partial charge in [0.25, 0.3) is 0 Å². The highest BCUT2D eigenvalue weighted by Gasteiger charge is 2.12. The average molecular weight is 373 g/mol. The summed E-state index contributed by atoms with van der Waals surface area (Å²) in [7, 11) is 1.84. The van der Waals surface area contributed by atoms with Crippen LogP contribution in [0.25, 0.3) is 0 Å². The minimum Gasteiger partial charge on any atom is -0.381 e. The Hall–Kier alpha value is -0.0200. The highest BCUT2D eigenvalue weighted by molar-refractivity contribution is 7.99. The predicted molar refractivity (Wildman–Crippen MR) is 114 cm³/mol. The molecule has 0 rings (SSSR count). The molecular formula is C22H44O2S. The maximum Gasteiger partial charge on any atom is 0.121 e. The fourth-order valence-corrected chi connectivity index (χ4v) is 4.53. The van der Waals surface area contributed by atoms with E-state index in [-0.39, 0.29) is 0 Å². The average Bonchev–Trinajstić information content (AvgIpc) is 2.62. The summed E-state index contributed by atoms with van der Waals surface area (Å²) in [4.78, 5) is 10.9. The van der Waals surface area contributed by atoms with Crippen molar-refractivity contribution < 1.29 is 9.53 Å². The van der Waals surface area contributed by atoms with Gasteiger partial charge in [0.05, 0.1) is 6.10 Å². The normalized spacial score (nSPS) is 13.7. The van der Waals surface area contributed by atoms with Crippen LogP contribution < -0.4 is 0 Å². The van der Waals surface area contributed by atoms with Gasteiger partial charge in [-0.3, -0.25) is 0 Å². The van der Waals surface area contributed by atoms with Crippen molar-refractivity contribution in [3.05, 3.63) is 0 Å². The SMILES string of the molecule is CCCCCCCCCCC(CC=O)SCCC(CCCCC)OC. The van der Waals surface area contributed by atoms with E-state index in [1.165, 1.54) is 83.5 Å². The van der Waals surface area contributed by atoms with E-state index in [1.807, 2.05) is 18.9 Å². The van der Waals surface area contributed by atoms with Crippen LogP contribution in [0.2, 0.25) is 0 Å². The minimum absolute atomic E-state index is 0.402. The maximum absolute atomic E-state index is 10.9. The maximum atomic E-state index is 10.9. The number of rotatable bonds is 20. The Morgan fingerprint density at radius 2 is 1.36 bits per heavy atom. The first-order valence-corrected chi connectivity index (χ1v) is 11.9. The first-order chi connectivity index (χ1) is 12.3. The molecular weight excluding hydrogens is 328 g/mol. The van der Waals surface area contributed by atoms with Gasteiger partial charge in [0, 0.05) is 18.8 Å². The first kappa shape index (κ1) is 25.0. The third-order valence-corrected chi connectivity index (χ3v) is 6.37. The van der Waals surface area contributed by atoms with Crippen LogP contribution >= 0.6 is 11.8 Å². The van der Waals surface area contributed by atoms with Crippen LogP contribution in [-0.2, 0) is 9.53 Å². The smallest absolute Gasteiger partial charge is 0.121 e. The van der Waals surface area contributed by atoms with Crippen molar-refractivity contribution >= 4 is 18.0 Å². The van der Waals surface area contributed by atoms with Crippen molar-refractivity contribution in [1.82, 2.24) is 0 Å². The van der Waals surface area contributed by atoms with E-state index in [1.54, 1.807) is 0 Å². The lowest BCUT2D eigenvalue weighted by Gasteiger charge is -2.18. The largest absolute Gasteiger partial charge is 0.381 e. The Kier molecular flexibility index (Phi) is 20.3. The molecule has 0 bridgehead atoms. The number of ether oxygens (including phenoxy) is 1. The van der Waals surface area contributed by atoms with E-state index in [9.17, 15) is 4.79 Å². The third-order valence-electron chi connectivity index (χ3n) is 5.00. The van der Waals surface area contributed by atoms with Gasteiger partial charge in [0.1, 0.15) is 6.29 Å². The van der Waals surface area contributed by atoms with Crippen molar-refractivity contribution in [1.29, 1.82) is 0 Å². The summed E-state index contributed by atoms with van der Waals surface area (Å²) in [5.74, 6) is 1.13. The third kappa shape index (κ3) is 17.2. The van der Waals surface area contributed by atoms with Crippen LogP contribution in [0.4, 0.5) is 0 Å². The molecule has 0 aliphatic heterocycles. The van der Waals surface area contributed by atoms with Crippen molar-refractivity contribution in [3.8, 4) is 0 Å². The van der Waals surface area contributed by atoms with E-state index in [0.29, 0.717) is 17.8 Å². The molecule has 0 amide bonds. The summed E-state index contributed by atoms with van der Waals surface area (Å²) in [5, 5.41) is 0.519. The number of hydrogen-bond acceptors (Lipinski definition) is 3. The van der Waals surface area contributed by atoms with Crippen molar-refractivity contribution in [2.45, 2.75) is 122 Å². The van der Waals surface area contributed by atoms with Gasteiger partial charge in [-0.1, -0.05) is 84.5 Å². The zero-order chi connectivity index (χ0) is 18.6. The standard InChI is InChI=1S/C22H44O2S/c1-4-6-8-9-10-11-12-14-16-22(17-19-23)25-20-18-21(24-3)15-13-7-5-2/h19,21-22H,4-18,20H2,1-3H3. The zero-order valence-corrected chi connectivity index (χ0v) is 18.1. The molecule has 150 valence electrons. The fraction of sp³-hybridized carbons (Fsp3) is 0.955. The van der Waals surface area contributed by atoms with Crippen molar-refractivity contribution in [2.75, 3.05) is 12.9 Å². The van der Waals surface area contributed by atoms with Crippen LogP contribution in [-0.4, -0.2) is 30.5 Å². The molecule has 0 aromatic rings. The number of unbranched alkanes of at least 4 members (excludes halogenated alkanes) is 9. The molecule has 0 heterocycles. The van der Waals surface area contributed by atoms with Crippen LogP contribution in [0, 0.1) is 0 Å². The van der Waals surface area contributed by atoms with Gasteiger partial charge in [-0.15, -0.1) is 0 Å². The fourth-order valence-electron chi connectivity index (χ4n) is 3.25. The summed E-state index contributed by atoms with van der Waals surface area (Å²) in [6, 6.07) is 0. The number of carbonyl (C=O) groups excluding carboxylic acids is 1. The van der Waals surface area contributed by atoms with Gasteiger partial charge in [-0.25, -0.2) is 0 Å². The lowest BCUT2D eigenvalue weighted by molar-refractivity contribution is -0.107. The van der Waals surface area contributed by atoms with E-state index < -0.39 is 0 Å². The molecule has 0 fully saturated rings. The Labute approximate surface area is 162 Å². The highest BCUT2D eigenvalue weighted by atomic mass is 32.2. The van der Waals surface area contributed by atoms with Crippen LogP contribution in [0.3, 0.4) is 0 Å². The second-order valence-electron chi connectivity index (χ2n) is 7.30. The number of carbonyl (C=O) groups is 1. The van der Waals surface area contributed by atoms with Gasteiger partial charge in [0.2, 0.25) is 0 Å². The Balaban J connectivity index is 3.73. The van der Waals surface area contributed by atoms with Gasteiger partial charge >= 0.3 is 0 Å². The van der Waals surface area contributed by atoms with Crippen molar-refractivity contribution in [2.24, 2.45) is 0 Å². The lowest BCUT2D eigenvalue weighted by atomic mass is 10.1. The van der Waals surface area contributed by atoms with E-state index in [2.05, 4.69) is 13.8 Å². The van der Waals surface area contributed by atoms with Gasteiger partial charge in [-0.2, -0.15) is 11.8 Å². The van der Waals surface area contributed by atoms with Crippen LogP contribution in [0.1, 0.15) is 110 Å². The predicted octanol–water partition coefficient (Wildman–Crippen LogP) is 7.19. The Morgan fingerprint density at radius 3 is 1.96 bits per heavy atom. The minimum atomic E-state index is 0.402. The molecule has 0 aliphatic rings. The molecule has 3 heteroatoms. The molecule has 2 nitrogen and oxygen atoms in total. The summed E-state index contributed by atoms with van der Waals surface area (Å²) >= 11 is 1.99. The van der Waals surface area contributed by atoms with Gasteiger partial charge in [-0.05, 0) is 25.0 Å². The number of thioether (sulfide) groups is 1. The number of aldehydes is 1. The van der Waals surface area contributed by atoms with Crippen LogP contribution in [0.5, 0.6) is 0 Å². The van der Waals surface area contributed by atoms with Gasteiger partial charge in [0.15, 0.2) is 0 Å². The highest BCUT2D eigenvalue weighted by Crippen LogP contribution is 2.23. The number of hydrogen-bond donors (Lipinski definition) is 0. The topological polar surface area (TPSA) is 26.3 Å². The molecule has 25 heavy (non-hydrogen) atoms. The number of methoxy groups -OCH3 is 1. The van der Waals surface area contributed by atoms with Gasteiger partial charge < -0.3 is 9.53 Å². The van der Waals surface area contributed by atoms with Crippen molar-refractivity contribution in [3.63, 3.8) is 0 Å². The first-order valence-electron chi connectivity index (χ1n) is 10.9. The van der Waals surface area contributed by atoms with E-state index in [0.717, 1.165) is 18.5 Å². The molecule has 0 radical (unpaired) electrons. The quantitative estimate of drug-likeness (QED) is 0.167. The summed E-state index contributed by atoms with van der Waals surface area (Å²) < 4.78 is 5.61. The molecule has 0 aromatic heterocycles. The molecule has 0 spiro atoms. The molecule has 0 saturated heterocycles. The van der Waals surface area contributed by atoms with E-state index in [4.69, 9.17) is 4.74 Å². The van der Waals surface area contributed by atoms with Crippen LogP contribution in [0.15, 0.2) is 0 Å². The summed E-state index contributed by atoms with van der Waals surface area (Å²) in [6.45, 7) is 4.51. The Morgan fingerprint density at radius 1 is 0.800 bits per heavy atom. The lowest BCUT2D eigenvalue weighted by Crippen LogP contribution is -2.13. The molecule has 0 aromatic carbocycles. The summed E-state index contributed by atoms with van der Waals surface area (Å²) in [5.41, 5.74) is 0. The molecule has 0 N–H and O–H groups in total. The second-order valence-corrected chi connectivity index (χ2v) is 8.71. The summed E-state index contributed by atoms with van der Waals surface area (Å²) in [6.07, 6.45) is 20.5. The molecule has 2 unspecified atom stereocenters.